The molecule has 0 aliphatic carbocycles. The Kier molecular flexibility index (Phi) is 4.12. The van der Waals surface area contributed by atoms with Crippen molar-refractivity contribution in [3.63, 3.8) is 0 Å². The molecule has 1 aromatic rings. The van der Waals surface area contributed by atoms with Gasteiger partial charge in [0, 0.05) is 16.5 Å². The van der Waals surface area contributed by atoms with Crippen LogP contribution in [0.1, 0.15) is 5.56 Å². The van der Waals surface area contributed by atoms with Crippen molar-refractivity contribution in [2.75, 3.05) is 7.11 Å². The molecule has 0 amide bonds. The van der Waals surface area contributed by atoms with Crippen LogP contribution in [0.25, 0.3) is 0 Å². The van der Waals surface area contributed by atoms with Crippen molar-refractivity contribution >= 4 is 27.7 Å². The molecular formula is C10H7BrF2O3. The Morgan fingerprint density at radius 2 is 2.00 bits per heavy atom. The Labute approximate surface area is 98.5 Å². The van der Waals surface area contributed by atoms with Gasteiger partial charge < -0.3 is 4.74 Å². The third-order valence-electron chi connectivity index (χ3n) is 1.89. The fourth-order valence-corrected chi connectivity index (χ4v) is 1.52. The summed E-state index contributed by atoms with van der Waals surface area (Å²) >= 11 is 2.97. The predicted molar refractivity (Wildman–Crippen MR) is 54.8 cm³/mol. The lowest BCUT2D eigenvalue weighted by atomic mass is 10.1. The molecule has 0 saturated carbocycles. The topological polar surface area (TPSA) is 43.4 Å². The molecule has 0 aliphatic rings. The van der Waals surface area contributed by atoms with Gasteiger partial charge in [-0.3, -0.25) is 4.79 Å². The summed E-state index contributed by atoms with van der Waals surface area (Å²) in [6.07, 6.45) is -0.545. The first kappa shape index (κ1) is 12.8. The van der Waals surface area contributed by atoms with Crippen molar-refractivity contribution in [2.45, 2.75) is 6.42 Å². The fraction of sp³-hybridized carbons (Fsp3) is 0.200. The van der Waals surface area contributed by atoms with Crippen molar-refractivity contribution in [3.8, 4) is 0 Å². The summed E-state index contributed by atoms with van der Waals surface area (Å²) in [5, 5.41) is 0. The lowest BCUT2D eigenvalue weighted by molar-refractivity contribution is -0.151. The van der Waals surface area contributed by atoms with E-state index < -0.39 is 29.8 Å². The number of halogens is 3. The molecule has 0 spiro atoms. The molecule has 0 atom stereocenters. The van der Waals surface area contributed by atoms with E-state index in [0.29, 0.717) is 0 Å². The highest BCUT2D eigenvalue weighted by Crippen LogP contribution is 2.22. The van der Waals surface area contributed by atoms with Gasteiger partial charge >= 0.3 is 5.97 Å². The molecule has 0 fully saturated rings. The molecule has 1 rings (SSSR count). The number of methoxy groups -OCH3 is 1. The van der Waals surface area contributed by atoms with E-state index in [1.54, 1.807) is 0 Å². The van der Waals surface area contributed by atoms with Crippen LogP contribution in [-0.2, 0) is 20.7 Å². The van der Waals surface area contributed by atoms with Crippen molar-refractivity contribution in [1.82, 2.24) is 0 Å². The minimum Gasteiger partial charge on any atom is -0.463 e. The molecule has 6 heteroatoms. The molecular weight excluding hydrogens is 286 g/mol. The highest BCUT2D eigenvalue weighted by atomic mass is 79.9. The summed E-state index contributed by atoms with van der Waals surface area (Å²) in [5.74, 6) is -4.24. The van der Waals surface area contributed by atoms with E-state index in [1.165, 1.54) is 6.07 Å². The van der Waals surface area contributed by atoms with E-state index in [-0.39, 0.29) is 10.0 Å². The zero-order valence-corrected chi connectivity index (χ0v) is 9.81. The molecule has 3 nitrogen and oxygen atoms in total. The van der Waals surface area contributed by atoms with Crippen LogP contribution in [-0.4, -0.2) is 18.9 Å². The van der Waals surface area contributed by atoms with Crippen molar-refractivity contribution < 1.29 is 23.1 Å². The summed E-state index contributed by atoms with van der Waals surface area (Å²) in [5.41, 5.74) is -0.199. The smallest absolute Gasteiger partial charge is 0.374 e. The summed E-state index contributed by atoms with van der Waals surface area (Å²) in [6, 6.07) is 2.18. The first-order valence-electron chi connectivity index (χ1n) is 4.21. The van der Waals surface area contributed by atoms with Gasteiger partial charge in [-0.15, -0.1) is 0 Å². The van der Waals surface area contributed by atoms with E-state index in [9.17, 15) is 18.4 Å². The highest BCUT2D eigenvalue weighted by molar-refractivity contribution is 9.10. The minimum absolute atomic E-state index is 0.199. The van der Waals surface area contributed by atoms with Crippen LogP contribution < -0.4 is 0 Å². The molecule has 0 saturated heterocycles. The van der Waals surface area contributed by atoms with Gasteiger partial charge in [0.15, 0.2) is 11.6 Å². The zero-order valence-electron chi connectivity index (χ0n) is 8.22. The molecule has 0 N–H and O–H groups in total. The standard InChI is InChI=1S/C10H7BrF2O3/c1-16-10(15)8(14)4-5-6(11)2-3-7(12)9(5)13/h2-3H,4H2,1H3. The van der Waals surface area contributed by atoms with Gasteiger partial charge in [0.1, 0.15) is 0 Å². The normalized spacial score (nSPS) is 10.0. The number of esters is 1. The average molecular weight is 293 g/mol. The number of hydrogen-bond acceptors (Lipinski definition) is 3. The number of benzene rings is 1. The van der Waals surface area contributed by atoms with Gasteiger partial charge in [-0.2, -0.15) is 0 Å². The third-order valence-corrected chi connectivity index (χ3v) is 2.63. The quantitative estimate of drug-likeness (QED) is 0.486. The van der Waals surface area contributed by atoms with Crippen LogP contribution >= 0.6 is 15.9 Å². The Balaban J connectivity index is 3.02. The number of Topliss-reactive ketones (excluding diaryl/α,β-unsaturated/α-hetero) is 1. The van der Waals surface area contributed by atoms with E-state index in [0.717, 1.165) is 13.2 Å². The summed E-state index contributed by atoms with van der Waals surface area (Å²) in [6.45, 7) is 0. The predicted octanol–water partition coefficient (Wildman–Crippen LogP) is 2.01. The van der Waals surface area contributed by atoms with Gasteiger partial charge in [0.05, 0.1) is 7.11 Å². The van der Waals surface area contributed by atoms with Gasteiger partial charge in [-0.25, -0.2) is 13.6 Å². The lowest BCUT2D eigenvalue weighted by Gasteiger charge is -2.05. The number of ether oxygens (including phenoxy) is 1. The molecule has 0 unspecified atom stereocenters. The second-order valence-corrected chi connectivity index (χ2v) is 3.77. The Bertz CT molecular complexity index is 446. The van der Waals surface area contributed by atoms with Crippen molar-refractivity contribution in [2.24, 2.45) is 0 Å². The molecule has 1 aromatic carbocycles. The van der Waals surface area contributed by atoms with Crippen molar-refractivity contribution in [3.05, 3.63) is 33.8 Å². The third kappa shape index (κ3) is 2.63. The van der Waals surface area contributed by atoms with Crippen LogP contribution in [0.4, 0.5) is 8.78 Å². The number of hydrogen-bond donors (Lipinski definition) is 0. The van der Waals surface area contributed by atoms with Gasteiger partial charge in [0.25, 0.3) is 0 Å². The molecule has 0 radical (unpaired) electrons. The van der Waals surface area contributed by atoms with E-state index in [1.807, 2.05) is 0 Å². The molecule has 0 bridgehead atoms. The maximum atomic E-state index is 13.3. The average Bonchev–Trinajstić information content (AvgIpc) is 2.28. The molecule has 16 heavy (non-hydrogen) atoms. The second-order valence-electron chi connectivity index (χ2n) is 2.91. The maximum absolute atomic E-state index is 13.3. The van der Waals surface area contributed by atoms with Crippen molar-refractivity contribution in [1.29, 1.82) is 0 Å². The summed E-state index contributed by atoms with van der Waals surface area (Å²) < 4.78 is 30.5. The largest absolute Gasteiger partial charge is 0.463 e. The van der Waals surface area contributed by atoms with Crippen LogP contribution in [0.5, 0.6) is 0 Å². The van der Waals surface area contributed by atoms with E-state index in [2.05, 4.69) is 20.7 Å². The molecule has 0 heterocycles. The summed E-state index contributed by atoms with van der Waals surface area (Å²) in [7, 11) is 1.04. The highest BCUT2D eigenvalue weighted by Gasteiger charge is 2.20. The van der Waals surface area contributed by atoms with Gasteiger partial charge in [0.2, 0.25) is 5.78 Å². The molecule has 86 valence electrons. The number of rotatable bonds is 3. The van der Waals surface area contributed by atoms with Gasteiger partial charge in [-0.1, -0.05) is 15.9 Å². The zero-order chi connectivity index (χ0) is 12.3. The minimum atomic E-state index is -1.15. The Morgan fingerprint density at radius 1 is 1.38 bits per heavy atom. The monoisotopic (exact) mass is 292 g/mol. The number of carbonyl (C=O) groups excluding carboxylic acids is 2. The van der Waals surface area contributed by atoms with Crippen LogP contribution in [0, 0.1) is 11.6 Å². The van der Waals surface area contributed by atoms with Gasteiger partial charge in [-0.05, 0) is 12.1 Å². The second kappa shape index (κ2) is 5.16. The lowest BCUT2D eigenvalue weighted by Crippen LogP contribution is -2.19. The Morgan fingerprint density at radius 3 is 2.56 bits per heavy atom. The van der Waals surface area contributed by atoms with Crippen LogP contribution in [0.2, 0.25) is 0 Å². The maximum Gasteiger partial charge on any atom is 0.374 e. The van der Waals surface area contributed by atoms with E-state index >= 15 is 0 Å². The van der Waals surface area contributed by atoms with E-state index in [4.69, 9.17) is 0 Å². The molecule has 0 aromatic heterocycles. The fourth-order valence-electron chi connectivity index (χ4n) is 1.08. The SMILES string of the molecule is COC(=O)C(=O)Cc1c(Br)ccc(F)c1F. The Hall–Kier alpha value is -1.30. The van der Waals surface area contributed by atoms with Crippen LogP contribution in [0.3, 0.4) is 0 Å². The summed E-state index contributed by atoms with van der Waals surface area (Å²) in [4.78, 5) is 22.0. The van der Waals surface area contributed by atoms with Crippen LogP contribution in [0.15, 0.2) is 16.6 Å². The first-order chi connectivity index (χ1) is 7.47. The number of ketones is 1. The number of carbonyl (C=O) groups is 2. The first-order valence-corrected chi connectivity index (χ1v) is 5.00. The molecule has 0 aliphatic heterocycles.